The van der Waals surface area contributed by atoms with Crippen LogP contribution in [0.15, 0.2) is 40.1 Å². The van der Waals surface area contributed by atoms with E-state index in [9.17, 15) is 4.79 Å². The van der Waals surface area contributed by atoms with Gasteiger partial charge in [-0.1, -0.05) is 12.1 Å². The Morgan fingerprint density at radius 2 is 2.00 bits per heavy atom. The summed E-state index contributed by atoms with van der Waals surface area (Å²) in [5.74, 6) is 1.30. The number of carbonyl (C=O) groups is 1. The van der Waals surface area contributed by atoms with Crippen LogP contribution in [0, 0.1) is 13.8 Å². The number of oxazole rings is 1. The second-order valence-corrected chi connectivity index (χ2v) is 7.58. The Morgan fingerprint density at radius 3 is 2.62 bits per heavy atom. The zero-order valence-electron chi connectivity index (χ0n) is 16.8. The highest BCUT2D eigenvalue weighted by Crippen LogP contribution is 2.30. The predicted molar refractivity (Wildman–Crippen MR) is 112 cm³/mol. The molecule has 2 heterocycles. The molecule has 0 aliphatic carbocycles. The van der Waals surface area contributed by atoms with Crippen molar-refractivity contribution in [1.29, 1.82) is 0 Å². The molecular weight excluding hydrogens is 390 g/mol. The molecule has 0 saturated heterocycles. The summed E-state index contributed by atoms with van der Waals surface area (Å²) in [5.41, 5.74) is 2.87. The van der Waals surface area contributed by atoms with E-state index in [1.54, 1.807) is 11.3 Å². The molecule has 29 heavy (non-hydrogen) atoms. The van der Waals surface area contributed by atoms with Gasteiger partial charge in [0.2, 0.25) is 5.89 Å². The molecule has 154 valence electrons. The molecular formula is C22H25NO5S. The smallest absolute Gasteiger partial charge is 0.306 e. The molecule has 3 rings (SSSR count). The van der Waals surface area contributed by atoms with Gasteiger partial charge in [-0.05, 0) is 55.5 Å². The molecule has 6 nitrogen and oxygen atoms in total. The molecule has 1 N–H and O–H groups in total. The Balaban J connectivity index is 1.57. The number of nitrogens with zero attached hydrogens (tertiary/aromatic N) is 1. The maximum atomic E-state index is 11.0. The first-order chi connectivity index (χ1) is 14.0. The summed E-state index contributed by atoms with van der Waals surface area (Å²) >= 11 is 1.62. The minimum Gasteiger partial charge on any atom is -0.493 e. The van der Waals surface area contributed by atoms with E-state index in [1.807, 2.05) is 50.4 Å². The van der Waals surface area contributed by atoms with Gasteiger partial charge in [-0.25, -0.2) is 4.98 Å². The van der Waals surface area contributed by atoms with Crippen LogP contribution in [-0.2, 0) is 16.0 Å². The Morgan fingerprint density at radius 1 is 1.24 bits per heavy atom. The van der Waals surface area contributed by atoms with E-state index in [1.165, 1.54) is 0 Å². The minimum atomic E-state index is -0.885. The summed E-state index contributed by atoms with van der Waals surface area (Å²) in [6, 6.07) is 9.41. The summed E-state index contributed by atoms with van der Waals surface area (Å²) in [4.78, 5) is 16.7. The Kier molecular flexibility index (Phi) is 7.06. The lowest BCUT2D eigenvalue weighted by Gasteiger charge is -2.16. The van der Waals surface area contributed by atoms with Crippen LogP contribution in [0.3, 0.4) is 0 Å². The third-order valence-electron chi connectivity index (χ3n) is 4.54. The number of carboxylic acids is 1. The Bertz CT molecular complexity index is 945. The molecule has 0 amide bonds. The highest BCUT2D eigenvalue weighted by Gasteiger charge is 2.16. The molecule has 0 radical (unpaired) electrons. The number of aryl methyl sites for hydroxylation is 2. The van der Waals surface area contributed by atoms with Gasteiger partial charge < -0.3 is 19.0 Å². The molecule has 0 aliphatic rings. The number of aliphatic carboxylic acids is 1. The lowest BCUT2D eigenvalue weighted by Crippen LogP contribution is -2.10. The highest BCUT2D eigenvalue weighted by atomic mass is 32.1. The molecule has 1 atom stereocenters. The van der Waals surface area contributed by atoms with Crippen molar-refractivity contribution in [2.45, 2.75) is 39.7 Å². The van der Waals surface area contributed by atoms with Crippen LogP contribution in [0.5, 0.6) is 5.75 Å². The van der Waals surface area contributed by atoms with Crippen molar-refractivity contribution in [1.82, 2.24) is 4.98 Å². The number of carboxylic acid groups (broad SMARTS) is 1. The van der Waals surface area contributed by atoms with Gasteiger partial charge in [0, 0.05) is 13.0 Å². The molecule has 2 aromatic heterocycles. The van der Waals surface area contributed by atoms with Gasteiger partial charge in [-0.3, -0.25) is 4.79 Å². The molecule has 1 aromatic carbocycles. The van der Waals surface area contributed by atoms with Gasteiger partial charge in [-0.15, -0.1) is 11.3 Å². The first-order valence-corrected chi connectivity index (χ1v) is 10.4. The normalized spacial score (nSPS) is 12.1. The maximum absolute atomic E-state index is 11.0. The zero-order valence-corrected chi connectivity index (χ0v) is 17.6. The number of hydrogen-bond acceptors (Lipinski definition) is 6. The van der Waals surface area contributed by atoms with Gasteiger partial charge in [0.1, 0.15) is 11.5 Å². The van der Waals surface area contributed by atoms with Crippen molar-refractivity contribution in [2.75, 3.05) is 13.2 Å². The van der Waals surface area contributed by atoms with Crippen molar-refractivity contribution in [3.63, 3.8) is 0 Å². The number of hydrogen-bond donors (Lipinski definition) is 1. The zero-order chi connectivity index (χ0) is 20.8. The van der Waals surface area contributed by atoms with E-state index in [4.69, 9.17) is 19.0 Å². The number of thiophene rings is 1. The van der Waals surface area contributed by atoms with Gasteiger partial charge in [0.25, 0.3) is 0 Å². The average Bonchev–Trinajstić information content (AvgIpc) is 3.27. The van der Waals surface area contributed by atoms with Crippen LogP contribution < -0.4 is 4.74 Å². The summed E-state index contributed by atoms with van der Waals surface area (Å²) in [7, 11) is 0. The molecule has 0 aliphatic heterocycles. The summed E-state index contributed by atoms with van der Waals surface area (Å²) in [6.07, 6.45) is 0.122. The van der Waals surface area contributed by atoms with Crippen molar-refractivity contribution in [3.05, 3.63) is 58.3 Å². The topological polar surface area (TPSA) is 81.8 Å². The van der Waals surface area contributed by atoms with Crippen molar-refractivity contribution < 1.29 is 23.8 Å². The van der Waals surface area contributed by atoms with E-state index in [0.29, 0.717) is 25.5 Å². The first kappa shape index (κ1) is 21.1. The first-order valence-electron chi connectivity index (χ1n) is 9.54. The third-order valence-corrected chi connectivity index (χ3v) is 5.54. The summed E-state index contributed by atoms with van der Waals surface area (Å²) < 4.78 is 17.2. The van der Waals surface area contributed by atoms with Crippen LogP contribution in [0.2, 0.25) is 0 Å². The lowest BCUT2D eigenvalue weighted by molar-refractivity contribution is -0.140. The van der Waals surface area contributed by atoms with E-state index in [-0.39, 0.29) is 6.42 Å². The number of ether oxygens (including phenoxy) is 2. The van der Waals surface area contributed by atoms with Crippen LogP contribution >= 0.6 is 11.3 Å². The van der Waals surface area contributed by atoms with Crippen molar-refractivity contribution in [2.24, 2.45) is 0 Å². The van der Waals surface area contributed by atoms with Gasteiger partial charge in [0.15, 0.2) is 0 Å². The largest absolute Gasteiger partial charge is 0.493 e. The quantitative estimate of drug-likeness (QED) is 0.490. The van der Waals surface area contributed by atoms with E-state index < -0.39 is 12.1 Å². The SMILES string of the molecule is CCOC(CC(=O)O)c1ccc(OCCc2nc(-c3sccc3C)oc2C)cc1. The molecule has 0 spiro atoms. The summed E-state index contributed by atoms with van der Waals surface area (Å²) in [6.45, 7) is 6.74. The van der Waals surface area contributed by atoms with Gasteiger partial charge >= 0.3 is 5.97 Å². The fourth-order valence-corrected chi connectivity index (χ4v) is 3.88. The number of benzene rings is 1. The van der Waals surface area contributed by atoms with Crippen LogP contribution in [0.25, 0.3) is 10.8 Å². The van der Waals surface area contributed by atoms with E-state index >= 15 is 0 Å². The predicted octanol–water partition coefficient (Wildman–Crippen LogP) is 5.19. The number of rotatable bonds is 10. The van der Waals surface area contributed by atoms with Crippen LogP contribution in [0.4, 0.5) is 0 Å². The number of aromatic nitrogens is 1. The second-order valence-electron chi connectivity index (χ2n) is 6.66. The molecule has 0 bridgehead atoms. The monoisotopic (exact) mass is 415 g/mol. The summed E-state index contributed by atoms with van der Waals surface area (Å²) in [5, 5.41) is 11.1. The molecule has 0 saturated carbocycles. The molecule has 1 unspecified atom stereocenters. The standard InChI is InChI=1S/C22H25NO5S/c1-4-26-19(13-20(24)25)16-5-7-17(8-6-16)27-11-9-18-15(3)28-22(23-18)21-14(2)10-12-29-21/h5-8,10,12,19H,4,9,11,13H2,1-3H3,(H,24,25). The second kappa shape index (κ2) is 9.71. The molecule has 3 aromatic rings. The molecule has 7 heteroatoms. The average molecular weight is 416 g/mol. The van der Waals surface area contributed by atoms with E-state index in [0.717, 1.165) is 33.2 Å². The van der Waals surface area contributed by atoms with E-state index in [2.05, 4.69) is 11.1 Å². The fraction of sp³-hybridized carbons (Fsp3) is 0.364. The minimum absolute atomic E-state index is 0.0640. The lowest BCUT2D eigenvalue weighted by atomic mass is 10.1. The van der Waals surface area contributed by atoms with Gasteiger partial charge in [-0.2, -0.15) is 0 Å². The maximum Gasteiger partial charge on any atom is 0.306 e. The van der Waals surface area contributed by atoms with Gasteiger partial charge in [0.05, 0.1) is 29.7 Å². The van der Waals surface area contributed by atoms with Crippen molar-refractivity contribution in [3.8, 4) is 16.5 Å². The van der Waals surface area contributed by atoms with Crippen LogP contribution in [-0.4, -0.2) is 29.3 Å². The highest BCUT2D eigenvalue weighted by molar-refractivity contribution is 7.13. The Labute approximate surface area is 174 Å². The van der Waals surface area contributed by atoms with Crippen LogP contribution in [0.1, 0.15) is 42.0 Å². The third kappa shape index (κ3) is 5.46. The Hall–Kier alpha value is -2.64. The fourth-order valence-electron chi connectivity index (χ4n) is 3.03. The molecule has 0 fully saturated rings. The van der Waals surface area contributed by atoms with Crippen molar-refractivity contribution >= 4 is 17.3 Å².